The summed E-state index contributed by atoms with van der Waals surface area (Å²) in [6, 6.07) is 13.9. The molecule has 0 aromatic heterocycles. The lowest BCUT2D eigenvalue weighted by molar-refractivity contribution is -0.145. The number of ether oxygens (including phenoxy) is 2. The van der Waals surface area contributed by atoms with Gasteiger partial charge in [0.25, 0.3) is 0 Å². The molecule has 126 valence electrons. The number of carbonyl (C=O) groups excluding carboxylic acids is 2. The van der Waals surface area contributed by atoms with E-state index in [0.717, 1.165) is 16.3 Å². The third-order valence-electron chi connectivity index (χ3n) is 3.65. The smallest absolute Gasteiger partial charge is 0.325 e. The fourth-order valence-electron chi connectivity index (χ4n) is 2.35. The molecule has 24 heavy (non-hydrogen) atoms. The van der Waals surface area contributed by atoms with Crippen molar-refractivity contribution in [1.82, 2.24) is 4.90 Å². The van der Waals surface area contributed by atoms with Crippen LogP contribution in [0.25, 0.3) is 16.8 Å². The molecule has 1 amide bonds. The van der Waals surface area contributed by atoms with Gasteiger partial charge in [0.15, 0.2) is 0 Å². The number of carbonyl (C=O) groups is 2. The molecule has 0 atom stereocenters. The summed E-state index contributed by atoms with van der Waals surface area (Å²) >= 11 is 0. The van der Waals surface area contributed by atoms with Crippen LogP contribution in [0.4, 0.5) is 0 Å². The number of methoxy groups -OCH3 is 2. The summed E-state index contributed by atoms with van der Waals surface area (Å²) in [5.74, 6) is -0.719. The van der Waals surface area contributed by atoms with E-state index < -0.39 is 5.97 Å². The van der Waals surface area contributed by atoms with E-state index in [1.807, 2.05) is 42.5 Å². The molecule has 0 aliphatic rings. The van der Waals surface area contributed by atoms with E-state index >= 15 is 0 Å². The molecule has 5 heteroatoms. The molecule has 0 bridgehead atoms. The highest BCUT2D eigenvalue weighted by Gasteiger charge is 2.15. The molecule has 0 aliphatic heterocycles. The Morgan fingerprint density at radius 2 is 1.83 bits per heavy atom. The lowest BCUT2D eigenvalue weighted by Crippen LogP contribution is -2.37. The van der Waals surface area contributed by atoms with Crippen LogP contribution in [0.1, 0.15) is 5.56 Å². The first-order valence-corrected chi connectivity index (χ1v) is 7.66. The van der Waals surface area contributed by atoms with Gasteiger partial charge in [-0.1, -0.05) is 42.5 Å². The second kappa shape index (κ2) is 8.84. The van der Waals surface area contributed by atoms with Gasteiger partial charge in [-0.2, -0.15) is 0 Å². The first kappa shape index (κ1) is 17.7. The van der Waals surface area contributed by atoms with Gasteiger partial charge in [0.05, 0.1) is 13.7 Å². The zero-order chi connectivity index (χ0) is 17.4. The molecule has 2 rings (SSSR count). The molecule has 0 fully saturated rings. The van der Waals surface area contributed by atoms with Gasteiger partial charge in [-0.15, -0.1) is 0 Å². The van der Waals surface area contributed by atoms with Crippen LogP contribution < -0.4 is 0 Å². The molecule has 0 heterocycles. The molecule has 2 aromatic rings. The first-order chi connectivity index (χ1) is 11.7. The highest BCUT2D eigenvalue weighted by atomic mass is 16.5. The van der Waals surface area contributed by atoms with Crippen molar-refractivity contribution in [2.45, 2.75) is 0 Å². The van der Waals surface area contributed by atoms with Crippen LogP contribution in [0.3, 0.4) is 0 Å². The van der Waals surface area contributed by atoms with Crippen molar-refractivity contribution < 1.29 is 19.1 Å². The van der Waals surface area contributed by atoms with E-state index in [2.05, 4.69) is 4.74 Å². The summed E-state index contributed by atoms with van der Waals surface area (Å²) in [6.07, 6.45) is 3.24. The van der Waals surface area contributed by atoms with Crippen molar-refractivity contribution in [2.75, 3.05) is 33.9 Å². The number of rotatable bonds is 7. The van der Waals surface area contributed by atoms with Crippen molar-refractivity contribution in [3.05, 3.63) is 54.1 Å². The van der Waals surface area contributed by atoms with Gasteiger partial charge in [0.2, 0.25) is 5.91 Å². The minimum Gasteiger partial charge on any atom is -0.468 e. The Labute approximate surface area is 141 Å². The SMILES string of the molecule is COCCN(CC(=O)OC)C(=O)/C=C/c1cccc2ccccc12. The van der Waals surface area contributed by atoms with E-state index in [4.69, 9.17) is 4.74 Å². The van der Waals surface area contributed by atoms with E-state index in [-0.39, 0.29) is 12.5 Å². The maximum absolute atomic E-state index is 12.4. The summed E-state index contributed by atoms with van der Waals surface area (Å²) in [6.45, 7) is 0.577. The number of nitrogens with zero attached hydrogens (tertiary/aromatic N) is 1. The zero-order valence-corrected chi connectivity index (χ0v) is 13.9. The van der Waals surface area contributed by atoms with Crippen molar-refractivity contribution >= 4 is 28.7 Å². The second-order valence-electron chi connectivity index (χ2n) is 5.23. The van der Waals surface area contributed by atoms with Gasteiger partial charge < -0.3 is 14.4 Å². The molecule has 0 aliphatic carbocycles. The number of benzene rings is 2. The lowest BCUT2D eigenvalue weighted by Gasteiger charge is -2.19. The average molecular weight is 327 g/mol. The minimum absolute atomic E-state index is 0.0986. The molecule has 0 radical (unpaired) electrons. The van der Waals surface area contributed by atoms with E-state index in [1.165, 1.54) is 18.1 Å². The first-order valence-electron chi connectivity index (χ1n) is 7.66. The molecular formula is C19H21NO4. The summed E-state index contributed by atoms with van der Waals surface area (Å²) in [4.78, 5) is 25.2. The van der Waals surface area contributed by atoms with E-state index in [0.29, 0.717) is 13.2 Å². The van der Waals surface area contributed by atoms with Crippen molar-refractivity contribution in [1.29, 1.82) is 0 Å². The summed E-state index contributed by atoms with van der Waals surface area (Å²) < 4.78 is 9.62. The molecule has 0 N–H and O–H groups in total. The molecule has 2 aromatic carbocycles. The van der Waals surface area contributed by atoms with E-state index in [1.54, 1.807) is 13.2 Å². The predicted octanol–water partition coefficient (Wildman–Crippen LogP) is 2.50. The topological polar surface area (TPSA) is 55.8 Å². The van der Waals surface area contributed by atoms with Crippen LogP contribution in [0.2, 0.25) is 0 Å². The Balaban J connectivity index is 2.17. The highest BCUT2D eigenvalue weighted by Crippen LogP contribution is 2.19. The number of fused-ring (bicyclic) bond motifs is 1. The van der Waals surface area contributed by atoms with Crippen molar-refractivity contribution in [3.8, 4) is 0 Å². The molecule has 0 unspecified atom stereocenters. The Morgan fingerprint density at radius 3 is 2.58 bits per heavy atom. The molecule has 0 saturated carbocycles. The van der Waals surface area contributed by atoms with Gasteiger partial charge in [0, 0.05) is 19.7 Å². The zero-order valence-electron chi connectivity index (χ0n) is 13.9. The van der Waals surface area contributed by atoms with Crippen LogP contribution >= 0.6 is 0 Å². The predicted molar refractivity (Wildman–Crippen MR) is 93.5 cm³/mol. The second-order valence-corrected chi connectivity index (χ2v) is 5.23. The monoisotopic (exact) mass is 327 g/mol. The Morgan fingerprint density at radius 1 is 1.08 bits per heavy atom. The Kier molecular flexibility index (Phi) is 6.51. The summed E-state index contributed by atoms with van der Waals surface area (Å²) in [5, 5.41) is 2.18. The Hall–Kier alpha value is -2.66. The average Bonchev–Trinajstić information content (AvgIpc) is 2.62. The maximum Gasteiger partial charge on any atom is 0.325 e. The largest absolute Gasteiger partial charge is 0.468 e. The maximum atomic E-state index is 12.4. The standard InChI is InChI=1S/C19H21NO4/c1-23-13-12-20(14-19(22)24-2)18(21)11-10-16-8-5-7-15-6-3-4-9-17(15)16/h3-11H,12-14H2,1-2H3/b11-10+. The van der Waals surface area contributed by atoms with E-state index in [9.17, 15) is 9.59 Å². The van der Waals surface area contributed by atoms with Gasteiger partial charge in [-0.25, -0.2) is 0 Å². The fourth-order valence-corrected chi connectivity index (χ4v) is 2.35. The third-order valence-corrected chi connectivity index (χ3v) is 3.65. The van der Waals surface area contributed by atoms with Crippen LogP contribution in [0.15, 0.2) is 48.5 Å². The van der Waals surface area contributed by atoms with Gasteiger partial charge in [-0.3, -0.25) is 9.59 Å². The summed E-state index contributed by atoms with van der Waals surface area (Å²) in [5.41, 5.74) is 0.950. The number of amides is 1. The molecule has 0 spiro atoms. The third kappa shape index (κ3) is 4.67. The van der Waals surface area contributed by atoms with Crippen molar-refractivity contribution in [2.24, 2.45) is 0 Å². The Bertz CT molecular complexity index is 734. The van der Waals surface area contributed by atoms with Crippen LogP contribution in [-0.2, 0) is 19.1 Å². The van der Waals surface area contributed by atoms with Crippen LogP contribution in [0.5, 0.6) is 0 Å². The van der Waals surface area contributed by atoms with Gasteiger partial charge >= 0.3 is 5.97 Å². The highest BCUT2D eigenvalue weighted by molar-refractivity contribution is 5.97. The summed E-state index contributed by atoms with van der Waals surface area (Å²) in [7, 11) is 2.85. The lowest BCUT2D eigenvalue weighted by atomic mass is 10.0. The fraction of sp³-hybridized carbons (Fsp3) is 0.263. The number of esters is 1. The normalized spacial score (nSPS) is 10.9. The number of hydrogen-bond donors (Lipinski definition) is 0. The quantitative estimate of drug-likeness (QED) is 0.579. The van der Waals surface area contributed by atoms with Gasteiger partial charge in [-0.05, 0) is 22.4 Å². The molecular weight excluding hydrogens is 306 g/mol. The number of hydrogen-bond acceptors (Lipinski definition) is 4. The van der Waals surface area contributed by atoms with Crippen LogP contribution in [0, 0.1) is 0 Å². The van der Waals surface area contributed by atoms with Crippen molar-refractivity contribution in [3.63, 3.8) is 0 Å². The minimum atomic E-state index is -0.460. The molecule has 0 saturated heterocycles. The van der Waals surface area contributed by atoms with Gasteiger partial charge in [0.1, 0.15) is 6.54 Å². The van der Waals surface area contributed by atoms with Crippen LogP contribution in [-0.4, -0.2) is 50.7 Å². The molecule has 5 nitrogen and oxygen atoms in total.